The molecular weight excluding hydrogens is 594 g/mol. The minimum Gasteiger partial charge on any atom is -0.490 e. The van der Waals surface area contributed by atoms with Crippen molar-refractivity contribution in [3.8, 4) is 11.5 Å². The van der Waals surface area contributed by atoms with Gasteiger partial charge in [-0.05, 0) is 74.2 Å². The number of nitrogens with zero attached hydrogens (tertiary/aromatic N) is 3. The van der Waals surface area contributed by atoms with Gasteiger partial charge in [0.15, 0.2) is 11.5 Å². The molecule has 0 aliphatic carbocycles. The molecule has 1 aliphatic heterocycles. The van der Waals surface area contributed by atoms with Gasteiger partial charge in [0.25, 0.3) is 5.91 Å². The number of anilines is 2. The van der Waals surface area contributed by atoms with Gasteiger partial charge < -0.3 is 20.1 Å². The molecule has 230 valence electrons. The Morgan fingerprint density at radius 3 is 2.64 bits per heavy atom. The maximum Gasteiger partial charge on any atom is 0.255 e. The number of hydrogen-bond donors (Lipinski definition) is 2. The van der Waals surface area contributed by atoms with Crippen LogP contribution in [-0.4, -0.2) is 33.9 Å². The molecule has 2 N–H and O–H groups in total. The van der Waals surface area contributed by atoms with Crippen LogP contribution in [0.1, 0.15) is 62.8 Å². The molecule has 0 radical (unpaired) electrons. The van der Waals surface area contributed by atoms with Crippen molar-refractivity contribution in [3.63, 3.8) is 0 Å². The van der Waals surface area contributed by atoms with Crippen LogP contribution in [0.15, 0.2) is 83.2 Å². The van der Waals surface area contributed by atoms with Crippen LogP contribution in [0.2, 0.25) is 5.02 Å². The monoisotopic (exact) mass is 631 g/mol. The number of aromatic nitrogens is 3. The summed E-state index contributed by atoms with van der Waals surface area (Å²) in [4.78, 5) is 18.8. The summed E-state index contributed by atoms with van der Waals surface area (Å²) < 4.78 is 13.9. The Bertz CT molecular complexity index is 1650. The minimum absolute atomic E-state index is 0.227. The molecule has 1 amide bonds. The van der Waals surface area contributed by atoms with Gasteiger partial charge in [-0.1, -0.05) is 79.5 Å². The molecule has 8 nitrogen and oxygen atoms in total. The van der Waals surface area contributed by atoms with E-state index in [1.165, 1.54) is 11.8 Å². The predicted molar refractivity (Wildman–Crippen MR) is 178 cm³/mol. The third-order valence-corrected chi connectivity index (χ3v) is 8.51. The van der Waals surface area contributed by atoms with Crippen molar-refractivity contribution in [2.24, 2.45) is 0 Å². The van der Waals surface area contributed by atoms with E-state index >= 15 is 0 Å². The van der Waals surface area contributed by atoms with Crippen LogP contribution >= 0.6 is 23.4 Å². The van der Waals surface area contributed by atoms with Crippen LogP contribution < -0.4 is 20.1 Å². The molecule has 44 heavy (non-hydrogen) atoms. The molecule has 0 saturated carbocycles. The number of rotatable bonds is 13. The lowest BCUT2D eigenvalue weighted by Gasteiger charge is -2.29. The van der Waals surface area contributed by atoms with E-state index in [1.54, 1.807) is 4.68 Å². The number of thioether (sulfide) groups is 1. The second-order valence-corrected chi connectivity index (χ2v) is 12.0. The second-order valence-electron chi connectivity index (χ2n) is 10.6. The SMILES string of the molecule is CCCCCOc1ccc(C2C(C(=O)Nc3cccc(C)c3)=C(C)Nc3nc(SCc4ccccc4Cl)nn32)cc1OCC. The Kier molecular flexibility index (Phi) is 10.5. The first kappa shape index (κ1) is 31.5. The quantitative estimate of drug-likeness (QED) is 0.113. The lowest BCUT2D eigenvalue weighted by atomic mass is 9.94. The van der Waals surface area contributed by atoms with Crippen LogP contribution in [0, 0.1) is 6.92 Å². The van der Waals surface area contributed by atoms with Gasteiger partial charge in [0.05, 0.1) is 18.8 Å². The third kappa shape index (κ3) is 7.39. The van der Waals surface area contributed by atoms with Crippen molar-refractivity contribution in [2.45, 2.75) is 63.9 Å². The van der Waals surface area contributed by atoms with Crippen LogP contribution in [0.3, 0.4) is 0 Å². The Labute approximate surface area is 268 Å². The van der Waals surface area contributed by atoms with E-state index in [0.717, 1.165) is 41.6 Å². The van der Waals surface area contributed by atoms with Gasteiger partial charge in [-0.15, -0.1) is 5.10 Å². The topological polar surface area (TPSA) is 90.3 Å². The first-order chi connectivity index (χ1) is 21.4. The van der Waals surface area contributed by atoms with Crippen molar-refractivity contribution in [1.29, 1.82) is 0 Å². The first-order valence-corrected chi connectivity index (χ1v) is 16.3. The summed E-state index contributed by atoms with van der Waals surface area (Å²) in [6.45, 7) is 9.09. The number of nitrogens with one attached hydrogen (secondary N) is 2. The van der Waals surface area contributed by atoms with E-state index in [9.17, 15) is 4.79 Å². The number of ether oxygens (including phenoxy) is 2. The van der Waals surface area contributed by atoms with Gasteiger partial charge in [-0.2, -0.15) is 4.98 Å². The molecule has 10 heteroatoms. The Morgan fingerprint density at radius 1 is 1.02 bits per heavy atom. The fourth-order valence-corrected chi connectivity index (χ4v) is 6.21. The zero-order chi connectivity index (χ0) is 31.1. The van der Waals surface area contributed by atoms with Gasteiger partial charge >= 0.3 is 0 Å². The first-order valence-electron chi connectivity index (χ1n) is 15.0. The number of benzene rings is 3. The molecule has 2 heterocycles. The molecule has 5 rings (SSSR count). The highest BCUT2D eigenvalue weighted by Gasteiger charge is 2.35. The van der Waals surface area contributed by atoms with E-state index in [2.05, 4.69) is 17.6 Å². The fourth-order valence-electron chi connectivity index (χ4n) is 5.09. The minimum atomic E-state index is -0.563. The van der Waals surface area contributed by atoms with E-state index < -0.39 is 6.04 Å². The molecule has 3 aromatic carbocycles. The van der Waals surface area contributed by atoms with Gasteiger partial charge in [0, 0.05) is 22.2 Å². The standard InChI is InChI=1S/C34H38ClN5O3S/c1-5-7-10-18-43-28-17-16-24(20-29(28)42-6-2)31-30(32(41)37-26-14-11-12-22(3)19-26)23(4)36-33-38-34(39-40(31)33)44-21-25-13-8-9-15-27(25)35/h8-9,11-17,19-20,31H,5-7,10,18,21H2,1-4H3,(H,37,41)(H,36,38,39). The number of amides is 1. The number of carbonyl (C=O) groups excluding carboxylic acids is 1. The van der Waals surface area contributed by atoms with E-state index in [4.69, 9.17) is 31.2 Å². The highest BCUT2D eigenvalue weighted by molar-refractivity contribution is 7.98. The molecule has 4 aromatic rings. The predicted octanol–water partition coefficient (Wildman–Crippen LogP) is 8.43. The number of hydrogen-bond acceptors (Lipinski definition) is 7. The van der Waals surface area contributed by atoms with Crippen molar-refractivity contribution < 1.29 is 14.3 Å². The number of halogens is 1. The summed E-state index contributed by atoms with van der Waals surface area (Å²) in [5.74, 6) is 2.25. The van der Waals surface area contributed by atoms with Crippen LogP contribution in [0.4, 0.5) is 11.6 Å². The lowest BCUT2D eigenvalue weighted by molar-refractivity contribution is -0.113. The molecule has 1 unspecified atom stereocenters. The molecular formula is C34H38ClN5O3S. The van der Waals surface area contributed by atoms with E-state index in [1.807, 2.05) is 87.5 Å². The molecule has 0 spiro atoms. The smallest absolute Gasteiger partial charge is 0.255 e. The van der Waals surface area contributed by atoms with Crippen LogP contribution in [0.25, 0.3) is 0 Å². The number of fused-ring (bicyclic) bond motifs is 1. The normalized spacial score (nSPS) is 14.2. The van der Waals surface area contributed by atoms with Crippen molar-refractivity contribution in [2.75, 3.05) is 23.8 Å². The molecule has 0 bridgehead atoms. The summed E-state index contributed by atoms with van der Waals surface area (Å²) in [5, 5.41) is 12.6. The Balaban J connectivity index is 1.51. The summed E-state index contributed by atoms with van der Waals surface area (Å²) in [6, 6.07) is 20.8. The fraction of sp³-hybridized carbons (Fsp3) is 0.324. The number of aryl methyl sites for hydroxylation is 1. The van der Waals surface area contributed by atoms with E-state index in [0.29, 0.717) is 57.9 Å². The number of allylic oxidation sites excluding steroid dienone is 1. The third-order valence-electron chi connectivity index (χ3n) is 7.26. The molecule has 1 aliphatic rings. The highest BCUT2D eigenvalue weighted by atomic mass is 35.5. The molecule has 1 atom stereocenters. The summed E-state index contributed by atoms with van der Waals surface area (Å²) >= 11 is 7.89. The Hall–Kier alpha value is -3.95. The largest absolute Gasteiger partial charge is 0.490 e. The average Bonchev–Trinajstić information content (AvgIpc) is 3.41. The highest BCUT2D eigenvalue weighted by Crippen LogP contribution is 2.40. The lowest BCUT2D eigenvalue weighted by Crippen LogP contribution is -2.31. The maximum atomic E-state index is 14.0. The van der Waals surface area contributed by atoms with Crippen molar-refractivity contribution in [1.82, 2.24) is 14.8 Å². The molecule has 1 aromatic heterocycles. The second kappa shape index (κ2) is 14.7. The number of unbranched alkanes of at least 4 members (excludes halogenated alkanes) is 2. The number of carbonyl (C=O) groups is 1. The Morgan fingerprint density at radius 2 is 1.86 bits per heavy atom. The molecule has 0 fully saturated rings. The van der Waals surface area contributed by atoms with Gasteiger partial charge in [-0.3, -0.25) is 4.79 Å². The van der Waals surface area contributed by atoms with Crippen molar-refractivity contribution >= 4 is 40.9 Å². The van der Waals surface area contributed by atoms with E-state index in [-0.39, 0.29) is 5.91 Å². The van der Waals surface area contributed by atoms with Gasteiger partial charge in [-0.25, -0.2) is 4.68 Å². The van der Waals surface area contributed by atoms with Gasteiger partial charge in [0.1, 0.15) is 6.04 Å². The average molecular weight is 632 g/mol. The summed E-state index contributed by atoms with van der Waals surface area (Å²) in [7, 11) is 0. The summed E-state index contributed by atoms with van der Waals surface area (Å²) in [6.07, 6.45) is 3.20. The van der Waals surface area contributed by atoms with Crippen LogP contribution in [-0.2, 0) is 10.5 Å². The molecule has 0 saturated heterocycles. The zero-order valence-electron chi connectivity index (χ0n) is 25.5. The van der Waals surface area contributed by atoms with Crippen molar-refractivity contribution in [3.05, 3.63) is 99.7 Å². The zero-order valence-corrected chi connectivity index (χ0v) is 27.1. The summed E-state index contributed by atoms with van der Waals surface area (Å²) in [5.41, 5.74) is 4.84. The van der Waals surface area contributed by atoms with Gasteiger partial charge in [0.2, 0.25) is 11.1 Å². The van der Waals surface area contributed by atoms with Crippen LogP contribution in [0.5, 0.6) is 11.5 Å². The maximum absolute atomic E-state index is 14.0.